The largest absolute Gasteiger partial charge is 0.365 e. The van der Waals surface area contributed by atoms with Crippen LogP contribution in [0.25, 0.3) is 16.6 Å². The van der Waals surface area contributed by atoms with E-state index in [1.54, 1.807) is 18.2 Å². The Balaban J connectivity index is 1.12. The summed E-state index contributed by atoms with van der Waals surface area (Å²) in [7, 11) is 0. The van der Waals surface area contributed by atoms with Gasteiger partial charge < -0.3 is 19.6 Å². The van der Waals surface area contributed by atoms with Crippen LogP contribution in [0.4, 0.5) is 10.1 Å². The van der Waals surface area contributed by atoms with Gasteiger partial charge in [-0.3, -0.25) is 14.5 Å². The third kappa shape index (κ3) is 3.92. The Morgan fingerprint density at radius 1 is 1.09 bits per heavy atom. The van der Waals surface area contributed by atoms with E-state index in [4.69, 9.17) is 0 Å². The Morgan fingerprint density at radius 3 is 2.68 bits per heavy atom. The topological polar surface area (TPSA) is 85.7 Å². The number of nitrogens with one attached hydrogen (secondary N) is 2. The van der Waals surface area contributed by atoms with E-state index in [-0.39, 0.29) is 23.2 Å². The average molecular weight is 461 g/mol. The molecule has 1 aliphatic heterocycles. The molecule has 9 heteroatoms. The summed E-state index contributed by atoms with van der Waals surface area (Å²) in [6.07, 6.45) is 3.85. The molecular formula is C25H25FN6O2. The summed E-state index contributed by atoms with van der Waals surface area (Å²) in [6.45, 7) is 3.63. The van der Waals surface area contributed by atoms with Crippen LogP contribution in [0.2, 0.25) is 0 Å². The Labute approximate surface area is 195 Å². The predicted octanol–water partition coefficient (Wildman–Crippen LogP) is 2.53. The van der Waals surface area contributed by atoms with Crippen molar-refractivity contribution in [3.05, 3.63) is 76.2 Å². The lowest BCUT2D eigenvalue weighted by atomic mass is 10.1. The zero-order valence-corrected chi connectivity index (χ0v) is 18.6. The monoisotopic (exact) mass is 460 g/mol. The van der Waals surface area contributed by atoms with Crippen molar-refractivity contribution in [3.8, 4) is 0 Å². The fourth-order valence-corrected chi connectivity index (χ4v) is 4.64. The summed E-state index contributed by atoms with van der Waals surface area (Å²) < 4.78 is 16.6. The van der Waals surface area contributed by atoms with Crippen molar-refractivity contribution in [1.82, 2.24) is 24.6 Å². The minimum Gasteiger partial charge on any atom is -0.365 e. The highest BCUT2D eigenvalue weighted by molar-refractivity contribution is 5.92. The number of amides is 1. The summed E-state index contributed by atoms with van der Waals surface area (Å²) in [5, 5.41) is 2.84. The number of carbonyl (C=O) groups is 1. The Kier molecular flexibility index (Phi) is 5.06. The lowest BCUT2D eigenvalue weighted by Gasteiger charge is -2.36. The molecule has 2 N–H and O–H groups in total. The van der Waals surface area contributed by atoms with Gasteiger partial charge in [-0.05, 0) is 54.8 Å². The molecule has 8 nitrogen and oxygen atoms in total. The summed E-state index contributed by atoms with van der Waals surface area (Å²) in [4.78, 5) is 35.6. The van der Waals surface area contributed by atoms with Crippen molar-refractivity contribution in [3.63, 3.8) is 0 Å². The van der Waals surface area contributed by atoms with E-state index in [0.717, 1.165) is 49.1 Å². The Bertz CT molecular complexity index is 1450. The first-order chi connectivity index (χ1) is 16.5. The van der Waals surface area contributed by atoms with Crippen molar-refractivity contribution in [2.45, 2.75) is 25.4 Å². The fourth-order valence-electron chi connectivity index (χ4n) is 4.64. The molecule has 0 radical (unpaired) electrons. The van der Waals surface area contributed by atoms with Crippen molar-refractivity contribution < 1.29 is 9.18 Å². The van der Waals surface area contributed by atoms with Crippen LogP contribution in [-0.2, 0) is 6.54 Å². The second kappa shape index (κ2) is 8.25. The van der Waals surface area contributed by atoms with Crippen LogP contribution in [0.3, 0.4) is 0 Å². The second-order valence-corrected chi connectivity index (χ2v) is 9.09. The molecule has 34 heavy (non-hydrogen) atoms. The third-order valence-corrected chi connectivity index (χ3v) is 6.64. The minimum absolute atomic E-state index is 0.102. The molecule has 1 amide bonds. The molecule has 4 aromatic rings. The zero-order chi connectivity index (χ0) is 23.2. The summed E-state index contributed by atoms with van der Waals surface area (Å²) in [5.74, 6) is -0.918. The SMILES string of the molecule is O=C(NC1CC1)c1ccc(N2CCN(Cc3ccc4c(c3)[nH]c(=O)c3cccn34)CC2)c(F)n1. The number of benzene rings is 1. The summed E-state index contributed by atoms with van der Waals surface area (Å²) >= 11 is 0. The number of nitrogens with zero attached hydrogens (tertiary/aromatic N) is 4. The van der Waals surface area contributed by atoms with Crippen LogP contribution in [-0.4, -0.2) is 57.4 Å². The van der Waals surface area contributed by atoms with Crippen LogP contribution in [0.15, 0.2) is 53.5 Å². The highest BCUT2D eigenvalue weighted by atomic mass is 19.1. The van der Waals surface area contributed by atoms with Crippen LogP contribution in [0, 0.1) is 5.95 Å². The Morgan fingerprint density at radius 2 is 1.91 bits per heavy atom. The number of rotatable bonds is 5. The van der Waals surface area contributed by atoms with Crippen molar-refractivity contribution in [2.75, 3.05) is 31.1 Å². The van der Waals surface area contributed by atoms with Gasteiger partial charge >= 0.3 is 0 Å². The van der Waals surface area contributed by atoms with E-state index in [1.165, 1.54) is 0 Å². The van der Waals surface area contributed by atoms with Gasteiger partial charge in [0.15, 0.2) is 0 Å². The molecule has 1 saturated carbocycles. The van der Waals surface area contributed by atoms with Crippen LogP contribution in [0.1, 0.15) is 28.9 Å². The predicted molar refractivity (Wildman–Crippen MR) is 128 cm³/mol. The fraction of sp³-hybridized carbons (Fsp3) is 0.320. The van der Waals surface area contributed by atoms with Gasteiger partial charge in [0.05, 0.1) is 16.7 Å². The number of H-pyrrole nitrogens is 1. The van der Waals surface area contributed by atoms with E-state index < -0.39 is 5.95 Å². The van der Waals surface area contributed by atoms with Gasteiger partial charge in [-0.1, -0.05) is 6.07 Å². The molecule has 1 aromatic carbocycles. The molecule has 0 bridgehead atoms. The lowest BCUT2D eigenvalue weighted by molar-refractivity contribution is 0.0945. The van der Waals surface area contributed by atoms with Gasteiger partial charge in [0.1, 0.15) is 11.2 Å². The number of anilines is 1. The minimum atomic E-state index is -0.605. The standard InChI is InChI=1S/C25H25FN6O2/c26-23-21(8-6-18(28-23)24(33)27-17-4-5-17)31-12-10-30(11-13-31)15-16-3-7-20-19(14-16)29-25(34)22-2-1-9-32(20)22/h1-3,6-9,14,17H,4-5,10-13,15H2,(H,27,33)(H,29,34). The second-order valence-electron chi connectivity index (χ2n) is 9.09. The molecule has 0 atom stereocenters. The summed E-state index contributed by atoms with van der Waals surface area (Å²) in [5.41, 5.74) is 3.97. The number of halogens is 1. The summed E-state index contributed by atoms with van der Waals surface area (Å²) in [6, 6.07) is 13.3. The third-order valence-electron chi connectivity index (χ3n) is 6.64. The van der Waals surface area contributed by atoms with Crippen LogP contribution >= 0.6 is 0 Å². The average Bonchev–Trinajstić information content (AvgIpc) is 3.50. The van der Waals surface area contributed by atoms with Gasteiger partial charge in [0.25, 0.3) is 11.5 Å². The van der Waals surface area contributed by atoms with E-state index >= 15 is 0 Å². The van der Waals surface area contributed by atoms with E-state index in [1.807, 2.05) is 33.7 Å². The maximum Gasteiger partial charge on any atom is 0.272 e. The quantitative estimate of drug-likeness (QED) is 0.447. The molecule has 2 fully saturated rings. The molecule has 3 aromatic heterocycles. The first-order valence-electron chi connectivity index (χ1n) is 11.6. The van der Waals surface area contributed by atoms with Crippen LogP contribution < -0.4 is 15.8 Å². The van der Waals surface area contributed by atoms with Gasteiger partial charge in [-0.2, -0.15) is 4.39 Å². The van der Waals surface area contributed by atoms with E-state index in [2.05, 4.69) is 26.3 Å². The highest BCUT2D eigenvalue weighted by Crippen LogP contribution is 2.23. The number of aromatic nitrogens is 3. The zero-order valence-electron chi connectivity index (χ0n) is 18.6. The number of hydrogen-bond acceptors (Lipinski definition) is 5. The van der Waals surface area contributed by atoms with E-state index in [9.17, 15) is 14.0 Å². The number of aromatic amines is 1. The highest BCUT2D eigenvalue weighted by Gasteiger charge is 2.26. The van der Waals surface area contributed by atoms with Crippen molar-refractivity contribution in [2.24, 2.45) is 0 Å². The molecular weight excluding hydrogens is 435 g/mol. The van der Waals surface area contributed by atoms with Crippen molar-refractivity contribution in [1.29, 1.82) is 0 Å². The first kappa shape index (κ1) is 20.9. The Hall–Kier alpha value is -3.72. The van der Waals surface area contributed by atoms with Gasteiger partial charge in [0, 0.05) is 45.0 Å². The molecule has 4 heterocycles. The number of fused-ring (bicyclic) bond motifs is 3. The number of piperazine rings is 1. The van der Waals surface area contributed by atoms with Gasteiger partial charge in [0.2, 0.25) is 5.95 Å². The van der Waals surface area contributed by atoms with Crippen molar-refractivity contribution >= 4 is 28.1 Å². The van der Waals surface area contributed by atoms with Crippen LogP contribution in [0.5, 0.6) is 0 Å². The maximum atomic E-state index is 14.7. The van der Waals surface area contributed by atoms with Gasteiger partial charge in [-0.15, -0.1) is 0 Å². The smallest absolute Gasteiger partial charge is 0.272 e. The normalized spacial score (nSPS) is 16.9. The lowest BCUT2D eigenvalue weighted by Crippen LogP contribution is -2.46. The molecule has 174 valence electrons. The maximum absolute atomic E-state index is 14.7. The molecule has 0 unspecified atom stereocenters. The number of pyridine rings is 1. The number of hydrogen-bond donors (Lipinski definition) is 2. The first-order valence-corrected chi connectivity index (χ1v) is 11.6. The number of carbonyl (C=O) groups excluding carboxylic acids is 1. The molecule has 1 saturated heterocycles. The van der Waals surface area contributed by atoms with Gasteiger partial charge in [-0.25, -0.2) is 4.98 Å². The van der Waals surface area contributed by atoms with E-state index in [0.29, 0.717) is 24.3 Å². The molecule has 6 rings (SSSR count). The molecule has 0 spiro atoms. The molecule has 2 aliphatic rings. The molecule has 1 aliphatic carbocycles.